The van der Waals surface area contributed by atoms with E-state index >= 15 is 0 Å². The second-order valence-electron chi connectivity index (χ2n) is 5.10. The van der Waals surface area contributed by atoms with Crippen molar-refractivity contribution < 1.29 is 0 Å². The Kier molecular flexibility index (Phi) is 4.08. The average Bonchev–Trinajstić information content (AvgIpc) is 2.56. The molecule has 3 rings (SSSR count). The molecular formula is C16H17N5. The molecule has 1 fully saturated rings. The van der Waals surface area contributed by atoms with Crippen LogP contribution in [0.4, 0.5) is 5.69 Å². The molecule has 0 N–H and O–H groups in total. The van der Waals surface area contributed by atoms with Crippen LogP contribution in [0.3, 0.4) is 0 Å². The third-order valence-corrected chi connectivity index (χ3v) is 3.71. The van der Waals surface area contributed by atoms with E-state index in [2.05, 4.69) is 31.9 Å². The molecule has 0 saturated carbocycles. The van der Waals surface area contributed by atoms with Gasteiger partial charge in [0.25, 0.3) is 0 Å². The second-order valence-corrected chi connectivity index (χ2v) is 5.10. The van der Waals surface area contributed by atoms with Gasteiger partial charge in [-0.1, -0.05) is 6.07 Å². The van der Waals surface area contributed by atoms with E-state index in [1.54, 1.807) is 6.20 Å². The van der Waals surface area contributed by atoms with Crippen LogP contribution in [0.5, 0.6) is 0 Å². The van der Waals surface area contributed by atoms with E-state index in [4.69, 9.17) is 5.26 Å². The van der Waals surface area contributed by atoms with Gasteiger partial charge in [-0.15, -0.1) is 0 Å². The maximum absolute atomic E-state index is 8.92. The second kappa shape index (κ2) is 6.33. The minimum Gasteiger partial charge on any atom is -0.369 e. The van der Waals surface area contributed by atoms with Crippen molar-refractivity contribution >= 4 is 5.69 Å². The Hall–Kier alpha value is -2.45. The number of nitriles is 1. The molecular weight excluding hydrogens is 262 g/mol. The Morgan fingerprint density at radius 2 is 1.90 bits per heavy atom. The Morgan fingerprint density at radius 3 is 2.62 bits per heavy atom. The highest BCUT2D eigenvalue weighted by Crippen LogP contribution is 2.17. The molecule has 0 bridgehead atoms. The van der Waals surface area contributed by atoms with Gasteiger partial charge in [-0.3, -0.25) is 9.88 Å². The lowest BCUT2D eigenvalue weighted by Crippen LogP contribution is -2.46. The first-order valence-electron chi connectivity index (χ1n) is 7.08. The monoisotopic (exact) mass is 279 g/mol. The van der Waals surface area contributed by atoms with Crippen molar-refractivity contribution in [3.05, 3.63) is 54.1 Å². The van der Waals surface area contributed by atoms with Crippen molar-refractivity contribution in [1.29, 1.82) is 5.26 Å². The number of anilines is 1. The average molecular weight is 279 g/mol. The smallest absolute Gasteiger partial charge is 0.142 e. The molecule has 2 aromatic rings. The summed E-state index contributed by atoms with van der Waals surface area (Å²) in [5, 5.41) is 8.92. The molecule has 3 heterocycles. The number of rotatable bonds is 3. The summed E-state index contributed by atoms with van der Waals surface area (Å²) in [5.74, 6) is 0. The summed E-state index contributed by atoms with van der Waals surface area (Å²) in [6.45, 7) is 4.82. The summed E-state index contributed by atoms with van der Waals surface area (Å²) in [6.07, 6.45) is 3.54. The van der Waals surface area contributed by atoms with Crippen molar-refractivity contribution in [2.24, 2.45) is 0 Å². The van der Waals surface area contributed by atoms with Crippen molar-refractivity contribution in [3.8, 4) is 6.07 Å². The fourth-order valence-corrected chi connectivity index (χ4v) is 2.56. The van der Waals surface area contributed by atoms with E-state index in [1.807, 2.05) is 30.5 Å². The SMILES string of the molecule is N#Cc1cc(N2CCN(Cc3ccccn3)CC2)ccn1. The van der Waals surface area contributed by atoms with Crippen LogP contribution in [0.15, 0.2) is 42.7 Å². The fourth-order valence-electron chi connectivity index (χ4n) is 2.56. The van der Waals surface area contributed by atoms with Crippen molar-refractivity contribution in [1.82, 2.24) is 14.9 Å². The Morgan fingerprint density at radius 1 is 1.05 bits per heavy atom. The summed E-state index contributed by atoms with van der Waals surface area (Å²) in [6, 6.07) is 11.9. The zero-order valence-corrected chi connectivity index (χ0v) is 11.8. The Balaban J connectivity index is 1.59. The molecule has 1 aliphatic rings. The van der Waals surface area contributed by atoms with E-state index in [0.29, 0.717) is 5.69 Å². The van der Waals surface area contributed by atoms with E-state index in [1.165, 1.54) is 0 Å². The van der Waals surface area contributed by atoms with Crippen molar-refractivity contribution in [2.75, 3.05) is 31.1 Å². The molecule has 0 amide bonds. The van der Waals surface area contributed by atoms with Gasteiger partial charge in [0.05, 0.1) is 5.69 Å². The minimum absolute atomic E-state index is 0.475. The zero-order valence-electron chi connectivity index (χ0n) is 11.8. The number of nitrogens with zero attached hydrogens (tertiary/aromatic N) is 5. The molecule has 0 radical (unpaired) electrons. The van der Waals surface area contributed by atoms with Crippen LogP contribution in [0.2, 0.25) is 0 Å². The Bertz CT molecular complexity index is 627. The van der Waals surface area contributed by atoms with E-state index in [-0.39, 0.29) is 0 Å². The summed E-state index contributed by atoms with van der Waals surface area (Å²) < 4.78 is 0. The van der Waals surface area contributed by atoms with Crippen LogP contribution in [0.1, 0.15) is 11.4 Å². The first-order valence-corrected chi connectivity index (χ1v) is 7.08. The first kappa shape index (κ1) is 13.5. The third-order valence-electron chi connectivity index (χ3n) is 3.71. The van der Waals surface area contributed by atoms with Crippen molar-refractivity contribution in [2.45, 2.75) is 6.54 Å². The van der Waals surface area contributed by atoms with Gasteiger partial charge in [0.2, 0.25) is 0 Å². The summed E-state index contributed by atoms with van der Waals surface area (Å²) in [4.78, 5) is 13.1. The number of aromatic nitrogens is 2. The largest absolute Gasteiger partial charge is 0.369 e. The van der Waals surface area contributed by atoms with E-state index < -0.39 is 0 Å². The molecule has 0 aromatic carbocycles. The van der Waals surface area contributed by atoms with Crippen LogP contribution in [0, 0.1) is 11.3 Å². The van der Waals surface area contributed by atoms with Gasteiger partial charge in [0.15, 0.2) is 0 Å². The maximum Gasteiger partial charge on any atom is 0.142 e. The first-order chi connectivity index (χ1) is 10.3. The highest BCUT2D eigenvalue weighted by atomic mass is 15.3. The van der Waals surface area contributed by atoms with E-state index in [0.717, 1.165) is 44.1 Å². The molecule has 1 aliphatic heterocycles. The van der Waals surface area contributed by atoms with Gasteiger partial charge in [0.1, 0.15) is 11.8 Å². The molecule has 21 heavy (non-hydrogen) atoms. The standard InChI is InChI=1S/C16H17N5/c17-12-15-11-16(4-6-19-15)21-9-7-20(8-10-21)13-14-3-1-2-5-18-14/h1-6,11H,7-10,13H2. The molecule has 0 unspecified atom stereocenters. The molecule has 1 saturated heterocycles. The lowest BCUT2D eigenvalue weighted by molar-refractivity contribution is 0.247. The molecule has 0 spiro atoms. The third kappa shape index (κ3) is 3.36. The van der Waals surface area contributed by atoms with Crippen molar-refractivity contribution in [3.63, 3.8) is 0 Å². The number of piperazine rings is 1. The van der Waals surface area contributed by atoms with Gasteiger partial charge in [0, 0.05) is 50.8 Å². The lowest BCUT2D eigenvalue weighted by Gasteiger charge is -2.35. The minimum atomic E-state index is 0.475. The highest BCUT2D eigenvalue weighted by Gasteiger charge is 2.17. The van der Waals surface area contributed by atoms with Gasteiger partial charge < -0.3 is 4.90 Å². The van der Waals surface area contributed by atoms with Crippen LogP contribution < -0.4 is 4.90 Å². The number of hydrogen-bond donors (Lipinski definition) is 0. The molecule has 106 valence electrons. The van der Waals surface area contributed by atoms with Crippen LogP contribution in [-0.4, -0.2) is 41.0 Å². The zero-order chi connectivity index (χ0) is 14.5. The molecule has 2 aromatic heterocycles. The highest BCUT2D eigenvalue weighted by molar-refractivity contribution is 5.49. The van der Waals surface area contributed by atoms with E-state index in [9.17, 15) is 0 Å². The summed E-state index contributed by atoms with van der Waals surface area (Å²) in [5.41, 5.74) is 2.67. The van der Waals surface area contributed by atoms with Crippen LogP contribution in [-0.2, 0) is 6.54 Å². The summed E-state index contributed by atoms with van der Waals surface area (Å²) >= 11 is 0. The molecule has 0 atom stereocenters. The van der Waals surface area contributed by atoms with Gasteiger partial charge >= 0.3 is 0 Å². The van der Waals surface area contributed by atoms with Gasteiger partial charge in [-0.25, -0.2) is 4.98 Å². The molecule has 5 heteroatoms. The lowest BCUT2D eigenvalue weighted by atomic mass is 10.2. The van der Waals surface area contributed by atoms with Gasteiger partial charge in [-0.2, -0.15) is 5.26 Å². The van der Waals surface area contributed by atoms with Crippen LogP contribution >= 0.6 is 0 Å². The molecule has 5 nitrogen and oxygen atoms in total. The van der Waals surface area contributed by atoms with Crippen LogP contribution in [0.25, 0.3) is 0 Å². The molecule has 0 aliphatic carbocycles. The van der Waals surface area contributed by atoms with Gasteiger partial charge in [-0.05, 0) is 24.3 Å². The normalized spacial score (nSPS) is 15.7. The number of pyridine rings is 2. The fraction of sp³-hybridized carbons (Fsp3) is 0.312. The summed E-state index contributed by atoms with van der Waals surface area (Å²) in [7, 11) is 0. The predicted molar refractivity (Wildman–Crippen MR) is 80.7 cm³/mol. The maximum atomic E-state index is 8.92. The quantitative estimate of drug-likeness (QED) is 0.855. The topological polar surface area (TPSA) is 56.1 Å². The number of hydrogen-bond acceptors (Lipinski definition) is 5. The predicted octanol–water partition coefficient (Wildman–Crippen LogP) is 1.67. The Labute approximate surface area is 124 Å².